The van der Waals surface area contributed by atoms with Gasteiger partial charge in [0, 0.05) is 17.1 Å². The summed E-state index contributed by atoms with van der Waals surface area (Å²) >= 11 is 1.71. The van der Waals surface area contributed by atoms with Crippen LogP contribution in [-0.4, -0.2) is 19.4 Å². The summed E-state index contributed by atoms with van der Waals surface area (Å²) < 4.78 is 18.3. The molecule has 0 aliphatic rings. The van der Waals surface area contributed by atoms with E-state index in [2.05, 4.69) is 5.32 Å². The molecule has 0 bridgehead atoms. The Morgan fingerprint density at radius 1 is 1.05 bits per heavy atom. The maximum Gasteiger partial charge on any atom is 0.123 e. The molecule has 0 aliphatic carbocycles. The van der Waals surface area contributed by atoms with Gasteiger partial charge in [0.1, 0.15) is 18.2 Å². The minimum absolute atomic E-state index is 0.226. The highest BCUT2D eigenvalue weighted by molar-refractivity contribution is 7.98. The zero-order chi connectivity index (χ0) is 13.5. The van der Waals surface area contributed by atoms with E-state index in [1.54, 1.807) is 23.9 Å². The molecule has 100 valence electrons. The van der Waals surface area contributed by atoms with Gasteiger partial charge >= 0.3 is 0 Å². The van der Waals surface area contributed by atoms with Crippen LogP contribution in [0.2, 0.25) is 0 Å². The fourth-order valence-electron chi connectivity index (χ4n) is 1.60. The molecule has 0 fully saturated rings. The Morgan fingerprint density at radius 3 is 2.37 bits per heavy atom. The van der Waals surface area contributed by atoms with Crippen LogP contribution < -0.4 is 10.1 Å². The maximum absolute atomic E-state index is 12.7. The van der Waals surface area contributed by atoms with Crippen molar-refractivity contribution in [1.29, 1.82) is 0 Å². The van der Waals surface area contributed by atoms with Crippen molar-refractivity contribution in [3.05, 3.63) is 54.3 Å². The summed E-state index contributed by atoms with van der Waals surface area (Å²) in [7, 11) is 0. The van der Waals surface area contributed by atoms with Gasteiger partial charge in [-0.05, 0) is 54.8 Å². The van der Waals surface area contributed by atoms with Gasteiger partial charge in [0.25, 0.3) is 0 Å². The fraction of sp³-hybridized carbons (Fsp3) is 0.200. The molecule has 0 unspecified atom stereocenters. The summed E-state index contributed by atoms with van der Waals surface area (Å²) in [4.78, 5) is 1.22. The molecular weight excluding hydrogens is 261 g/mol. The van der Waals surface area contributed by atoms with Crippen molar-refractivity contribution in [3.8, 4) is 5.75 Å². The van der Waals surface area contributed by atoms with Gasteiger partial charge in [0.15, 0.2) is 0 Å². The molecule has 4 heteroatoms. The van der Waals surface area contributed by atoms with Crippen LogP contribution in [0.1, 0.15) is 0 Å². The first kappa shape index (κ1) is 13.7. The molecule has 0 saturated carbocycles. The molecule has 2 rings (SSSR count). The number of benzene rings is 2. The monoisotopic (exact) mass is 277 g/mol. The largest absolute Gasteiger partial charge is 0.492 e. The Hall–Kier alpha value is -1.68. The lowest BCUT2D eigenvalue weighted by atomic mass is 10.3. The maximum atomic E-state index is 12.7. The number of halogens is 1. The van der Waals surface area contributed by atoms with Crippen molar-refractivity contribution in [2.45, 2.75) is 4.90 Å². The van der Waals surface area contributed by atoms with E-state index in [4.69, 9.17) is 4.74 Å². The van der Waals surface area contributed by atoms with Crippen molar-refractivity contribution >= 4 is 17.4 Å². The minimum Gasteiger partial charge on any atom is -0.492 e. The lowest BCUT2D eigenvalue weighted by Crippen LogP contribution is -2.11. The number of rotatable bonds is 6. The Labute approximate surface area is 117 Å². The molecule has 0 saturated heterocycles. The van der Waals surface area contributed by atoms with Crippen LogP contribution in [0, 0.1) is 5.82 Å². The number of hydrogen-bond donors (Lipinski definition) is 1. The highest BCUT2D eigenvalue weighted by Gasteiger charge is 1.96. The van der Waals surface area contributed by atoms with Crippen LogP contribution >= 0.6 is 11.8 Å². The van der Waals surface area contributed by atoms with Crippen molar-refractivity contribution in [3.63, 3.8) is 0 Å². The van der Waals surface area contributed by atoms with E-state index in [0.29, 0.717) is 13.2 Å². The molecule has 0 amide bonds. The smallest absolute Gasteiger partial charge is 0.123 e. The van der Waals surface area contributed by atoms with E-state index in [9.17, 15) is 4.39 Å². The van der Waals surface area contributed by atoms with Crippen LogP contribution in [0.15, 0.2) is 53.4 Å². The molecule has 2 nitrogen and oxygen atoms in total. The second-order valence-electron chi connectivity index (χ2n) is 3.96. The molecule has 0 aromatic heterocycles. The van der Waals surface area contributed by atoms with Gasteiger partial charge in [-0.2, -0.15) is 0 Å². The standard InChI is InChI=1S/C15H16FNOS/c1-19-15-8-6-14(7-9-15)18-11-10-17-13-4-2-12(16)3-5-13/h2-9,17H,10-11H2,1H3. The third kappa shape index (κ3) is 4.48. The van der Waals surface area contributed by atoms with Crippen molar-refractivity contribution < 1.29 is 9.13 Å². The lowest BCUT2D eigenvalue weighted by molar-refractivity contribution is 0.332. The Morgan fingerprint density at radius 2 is 1.74 bits per heavy atom. The summed E-state index contributed by atoms with van der Waals surface area (Å²) in [5.74, 6) is 0.634. The summed E-state index contributed by atoms with van der Waals surface area (Å²) in [5.41, 5.74) is 0.891. The molecule has 2 aromatic carbocycles. The Bertz CT molecular complexity index is 499. The summed E-state index contributed by atoms with van der Waals surface area (Å²) in [6, 6.07) is 14.3. The first-order valence-electron chi connectivity index (χ1n) is 6.04. The molecule has 2 aromatic rings. The van der Waals surface area contributed by atoms with E-state index >= 15 is 0 Å². The normalized spacial score (nSPS) is 10.2. The Kier molecular flexibility index (Phi) is 5.10. The Balaban J connectivity index is 1.72. The van der Waals surface area contributed by atoms with Crippen LogP contribution in [0.3, 0.4) is 0 Å². The molecule has 19 heavy (non-hydrogen) atoms. The van der Waals surface area contributed by atoms with E-state index < -0.39 is 0 Å². The molecule has 0 radical (unpaired) electrons. The summed E-state index contributed by atoms with van der Waals surface area (Å²) in [6.45, 7) is 1.24. The summed E-state index contributed by atoms with van der Waals surface area (Å²) in [6.07, 6.45) is 2.04. The first-order chi connectivity index (χ1) is 9.28. The van der Waals surface area contributed by atoms with Gasteiger partial charge in [0.2, 0.25) is 0 Å². The third-order valence-corrected chi connectivity index (χ3v) is 3.35. The highest BCUT2D eigenvalue weighted by atomic mass is 32.2. The molecule has 1 N–H and O–H groups in total. The van der Waals surface area contributed by atoms with Crippen molar-refractivity contribution in [2.75, 3.05) is 24.7 Å². The van der Waals surface area contributed by atoms with E-state index in [1.165, 1.54) is 17.0 Å². The fourth-order valence-corrected chi connectivity index (χ4v) is 2.01. The van der Waals surface area contributed by atoms with Gasteiger partial charge in [-0.3, -0.25) is 0 Å². The van der Waals surface area contributed by atoms with Gasteiger partial charge < -0.3 is 10.1 Å². The molecule has 0 spiro atoms. The number of anilines is 1. The zero-order valence-corrected chi connectivity index (χ0v) is 11.5. The second-order valence-corrected chi connectivity index (χ2v) is 4.84. The first-order valence-corrected chi connectivity index (χ1v) is 7.27. The quantitative estimate of drug-likeness (QED) is 0.636. The van der Waals surface area contributed by atoms with Crippen LogP contribution in [0.4, 0.5) is 10.1 Å². The van der Waals surface area contributed by atoms with Crippen LogP contribution in [0.5, 0.6) is 5.75 Å². The van der Waals surface area contributed by atoms with Gasteiger partial charge in [0.05, 0.1) is 0 Å². The van der Waals surface area contributed by atoms with Crippen LogP contribution in [0.25, 0.3) is 0 Å². The van der Waals surface area contributed by atoms with Gasteiger partial charge in [-0.25, -0.2) is 4.39 Å². The zero-order valence-electron chi connectivity index (χ0n) is 10.7. The number of nitrogens with one attached hydrogen (secondary N) is 1. The van der Waals surface area contributed by atoms with Gasteiger partial charge in [-0.15, -0.1) is 11.8 Å². The topological polar surface area (TPSA) is 21.3 Å². The average molecular weight is 277 g/mol. The van der Waals surface area contributed by atoms with Crippen molar-refractivity contribution in [2.24, 2.45) is 0 Å². The van der Waals surface area contributed by atoms with Crippen molar-refractivity contribution in [1.82, 2.24) is 0 Å². The number of thioether (sulfide) groups is 1. The minimum atomic E-state index is -0.226. The van der Waals surface area contributed by atoms with E-state index in [0.717, 1.165) is 11.4 Å². The highest BCUT2D eigenvalue weighted by Crippen LogP contribution is 2.18. The molecule has 0 heterocycles. The average Bonchev–Trinajstić information content (AvgIpc) is 2.46. The lowest BCUT2D eigenvalue weighted by Gasteiger charge is -2.09. The molecular formula is C15H16FNOS. The predicted molar refractivity (Wildman–Crippen MR) is 78.6 cm³/mol. The number of ether oxygens (including phenoxy) is 1. The number of hydrogen-bond acceptors (Lipinski definition) is 3. The second kappa shape index (κ2) is 7.04. The van der Waals surface area contributed by atoms with E-state index in [-0.39, 0.29) is 5.82 Å². The molecule has 0 aliphatic heterocycles. The van der Waals surface area contributed by atoms with Gasteiger partial charge in [-0.1, -0.05) is 0 Å². The van der Waals surface area contributed by atoms with Crippen LogP contribution in [-0.2, 0) is 0 Å². The SMILES string of the molecule is CSc1ccc(OCCNc2ccc(F)cc2)cc1. The third-order valence-electron chi connectivity index (χ3n) is 2.60. The van der Waals surface area contributed by atoms with E-state index in [1.807, 2.05) is 30.5 Å². The summed E-state index contributed by atoms with van der Waals surface area (Å²) in [5, 5.41) is 3.17. The molecule has 0 atom stereocenters. The predicted octanol–water partition coefficient (Wildman–Crippen LogP) is 4.04.